The molecule has 11 nitrogen and oxygen atoms in total. The third-order valence-corrected chi connectivity index (χ3v) is 7.40. The zero-order valence-electron chi connectivity index (χ0n) is 23.6. The first kappa shape index (κ1) is 31.5. The maximum absolute atomic E-state index is 14.2. The number of ether oxygens (including phenoxy) is 2. The van der Waals surface area contributed by atoms with Crippen LogP contribution in [0.25, 0.3) is 0 Å². The van der Waals surface area contributed by atoms with Crippen molar-refractivity contribution in [1.82, 2.24) is 15.5 Å². The highest BCUT2D eigenvalue weighted by Crippen LogP contribution is 2.36. The molecule has 0 radical (unpaired) electrons. The van der Waals surface area contributed by atoms with Crippen molar-refractivity contribution >= 4 is 29.4 Å². The molecule has 14 heteroatoms. The maximum atomic E-state index is 14.2. The average molecular weight is 601 g/mol. The Kier molecular flexibility index (Phi) is 10.3. The number of hydrogen-bond donors (Lipinski definition) is 2. The van der Waals surface area contributed by atoms with Gasteiger partial charge in [-0.2, -0.15) is 10.3 Å². The number of halogens is 3. The van der Waals surface area contributed by atoms with E-state index >= 15 is 0 Å². The summed E-state index contributed by atoms with van der Waals surface area (Å²) in [5.41, 5.74) is 0.921. The van der Waals surface area contributed by atoms with Crippen LogP contribution in [0.3, 0.4) is 0 Å². The highest BCUT2D eigenvalue weighted by atomic mass is 19.2. The van der Waals surface area contributed by atoms with Gasteiger partial charge in [0, 0.05) is 39.3 Å². The van der Waals surface area contributed by atoms with Crippen molar-refractivity contribution in [1.29, 1.82) is 5.26 Å². The van der Waals surface area contributed by atoms with Crippen molar-refractivity contribution in [3.05, 3.63) is 65.0 Å². The largest absolute Gasteiger partial charge is 0.468 e. The van der Waals surface area contributed by atoms with E-state index in [2.05, 4.69) is 21.7 Å². The number of carbonyl (C=O) groups excluding carboxylic acids is 3. The normalized spacial score (nSPS) is 19.1. The van der Waals surface area contributed by atoms with Gasteiger partial charge in [-0.1, -0.05) is 6.07 Å². The Bertz CT molecular complexity index is 1440. The number of nitriles is 1. The number of hydrogen-bond acceptors (Lipinski definition) is 8. The van der Waals surface area contributed by atoms with Gasteiger partial charge in [-0.05, 0) is 48.7 Å². The third-order valence-electron chi connectivity index (χ3n) is 7.40. The number of rotatable bonds is 9. The van der Waals surface area contributed by atoms with E-state index in [-0.39, 0.29) is 30.5 Å². The van der Waals surface area contributed by atoms with E-state index in [1.165, 1.54) is 31.4 Å². The molecule has 2 aromatic rings. The zero-order valence-corrected chi connectivity index (χ0v) is 23.6. The molecule has 0 spiro atoms. The number of amides is 4. The van der Waals surface area contributed by atoms with Crippen LogP contribution in [0.4, 0.5) is 28.4 Å². The zero-order chi connectivity index (χ0) is 31.1. The predicted octanol–water partition coefficient (Wildman–Crippen LogP) is 3.30. The molecule has 2 N–H and O–H groups in total. The van der Waals surface area contributed by atoms with Gasteiger partial charge in [0.05, 0.1) is 36.7 Å². The number of nitrogens with zero attached hydrogens (tertiary/aromatic N) is 4. The highest BCUT2D eigenvalue weighted by Gasteiger charge is 2.47. The number of piperidine rings is 1. The standard InChI is InChI=1S/C29H31F3N6O5/c1-42-16-23-25(27(39)43-2)26(17-4-6-21(31)22(32)13-17)38(29(41)36-23)28(40)35-10-9-34-20-7-11-37(12-8-20)24-14-19(30)5-3-18(24)15-33/h3-6,13-14,20,25-26,34H,7-12,16H2,1-2H3,(H,35,40). The summed E-state index contributed by atoms with van der Waals surface area (Å²) in [5, 5.41) is 15.3. The lowest BCUT2D eigenvalue weighted by molar-refractivity contribution is -0.144. The summed E-state index contributed by atoms with van der Waals surface area (Å²) in [7, 11) is 2.45. The molecule has 228 valence electrons. The molecule has 1 saturated heterocycles. The molecule has 2 aliphatic rings. The Morgan fingerprint density at radius 3 is 2.47 bits per heavy atom. The maximum Gasteiger partial charge on any atom is 0.352 e. The number of carbonyl (C=O) groups is 3. The first-order valence-electron chi connectivity index (χ1n) is 13.6. The van der Waals surface area contributed by atoms with Gasteiger partial charge in [0.15, 0.2) is 11.6 Å². The predicted molar refractivity (Wildman–Crippen MR) is 149 cm³/mol. The van der Waals surface area contributed by atoms with E-state index in [1.807, 2.05) is 4.90 Å². The number of urea groups is 2. The van der Waals surface area contributed by atoms with Crippen LogP contribution < -0.4 is 15.5 Å². The van der Waals surface area contributed by atoms with Gasteiger partial charge >= 0.3 is 18.0 Å². The molecule has 4 rings (SSSR count). The summed E-state index contributed by atoms with van der Waals surface area (Å²) in [6, 6.07) is 5.80. The van der Waals surface area contributed by atoms with Crippen molar-refractivity contribution in [3.8, 4) is 6.07 Å². The van der Waals surface area contributed by atoms with E-state index in [0.29, 0.717) is 48.6 Å². The quantitative estimate of drug-likeness (QED) is 0.331. The Balaban J connectivity index is 1.41. The van der Waals surface area contributed by atoms with Crippen molar-refractivity contribution in [3.63, 3.8) is 0 Å². The molecule has 2 atom stereocenters. The molecule has 2 aromatic carbocycles. The fourth-order valence-corrected chi connectivity index (χ4v) is 5.33. The monoisotopic (exact) mass is 600 g/mol. The summed E-state index contributed by atoms with van der Waals surface area (Å²) in [5.74, 6) is -4.94. The molecular weight excluding hydrogens is 569 g/mol. The van der Waals surface area contributed by atoms with Gasteiger partial charge < -0.3 is 25.0 Å². The molecule has 1 fully saturated rings. The molecule has 43 heavy (non-hydrogen) atoms. The molecule has 4 amide bonds. The van der Waals surface area contributed by atoms with Gasteiger partial charge in [-0.25, -0.2) is 27.7 Å². The van der Waals surface area contributed by atoms with Crippen LogP contribution in [0.2, 0.25) is 0 Å². The average Bonchev–Trinajstić information content (AvgIpc) is 3.00. The minimum absolute atomic E-state index is 0.0101. The number of imide groups is 1. The third kappa shape index (κ3) is 7.12. The van der Waals surface area contributed by atoms with E-state index in [0.717, 1.165) is 19.2 Å². The summed E-state index contributed by atoms with van der Waals surface area (Å²) in [6.07, 6.45) is 1.41. The number of nitrogens with one attached hydrogen (secondary N) is 2. The molecule has 0 aliphatic carbocycles. The lowest BCUT2D eigenvalue weighted by Gasteiger charge is -2.37. The second kappa shape index (κ2) is 14.1. The first-order valence-corrected chi connectivity index (χ1v) is 13.6. The second-order valence-corrected chi connectivity index (χ2v) is 10.0. The summed E-state index contributed by atoms with van der Waals surface area (Å²) in [4.78, 5) is 45.7. The summed E-state index contributed by atoms with van der Waals surface area (Å²) < 4.78 is 51.7. The van der Waals surface area contributed by atoms with Crippen LogP contribution in [-0.4, -0.2) is 81.7 Å². The van der Waals surface area contributed by atoms with Crippen LogP contribution in [0, 0.1) is 34.7 Å². The van der Waals surface area contributed by atoms with Gasteiger partial charge in [0.1, 0.15) is 17.8 Å². The molecule has 0 saturated carbocycles. The van der Waals surface area contributed by atoms with Crippen LogP contribution in [0.5, 0.6) is 0 Å². The van der Waals surface area contributed by atoms with Crippen LogP contribution in [-0.2, 0) is 14.3 Å². The van der Waals surface area contributed by atoms with Crippen molar-refractivity contribution in [2.45, 2.75) is 24.9 Å². The van der Waals surface area contributed by atoms with E-state index in [9.17, 15) is 32.8 Å². The number of methoxy groups -OCH3 is 2. The molecule has 0 bridgehead atoms. The van der Waals surface area contributed by atoms with Gasteiger partial charge in [-0.3, -0.25) is 4.79 Å². The Hall–Kier alpha value is -4.48. The summed E-state index contributed by atoms with van der Waals surface area (Å²) >= 11 is 0. The Labute approximate surface area is 246 Å². The van der Waals surface area contributed by atoms with Crippen molar-refractivity contribution in [2.75, 3.05) is 51.9 Å². The fraction of sp³-hybridized carbons (Fsp3) is 0.414. The number of esters is 1. The molecule has 2 heterocycles. The first-order chi connectivity index (χ1) is 20.7. The van der Waals surface area contributed by atoms with Gasteiger partial charge in [-0.15, -0.1) is 0 Å². The second-order valence-electron chi connectivity index (χ2n) is 10.0. The highest BCUT2D eigenvalue weighted by molar-refractivity contribution is 6.12. The number of benzene rings is 2. The van der Waals surface area contributed by atoms with Crippen LogP contribution in [0.15, 0.2) is 41.4 Å². The number of aliphatic imine (C=N–C) groups is 1. The molecular formula is C29H31F3N6O5. The van der Waals surface area contributed by atoms with Crippen molar-refractivity contribution in [2.24, 2.45) is 10.9 Å². The number of anilines is 1. The van der Waals surface area contributed by atoms with E-state index in [1.54, 1.807) is 0 Å². The molecule has 0 aromatic heterocycles. The minimum atomic E-state index is -1.38. The Morgan fingerprint density at radius 2 is 1.81 bits per heavy atom. The smallest absolute Gasteiger partial charge is 0.352 e. The fourth-order valence-electron chi connectivity index (χ4n) is 5.33. The summed E-state index contributed by atoms with van der Waals surface area (Å²) in [6.45, 7) is 1.37. The lowest BCUT2D eigenvalue weighted by atomic mass is 9.86. The van der Waals surface area contributed by atoms with E-state index in [4.69, 9.17) is 9.47 Å². The van der Waals surface area contributed by atoms with Gasteiger partial charge in [0.25, 0.3) is 0 Å². The van der Waals surface area contributed by atoms with Crippen molar-refractivity contribution < 1.29 is 37.0 Å². The molecule has 2 aliphatic heterocycles. The SMILES string of the molecule is COCC1=NC(=O)N(C(=O)NCCNC2CCN(c3cc(F)ccc3C#N)CC2)C(c2ccc(F)c(F)c2)C1C(=O)OC. The van der Waals surface area contributed by atoms with Crippen LogP contribution in [0.1, 0.15) is 30.0 Å². The Morgan fingerprint density at radius 1 is 1.07 bits per heavy atom. The lowest BCUT2D eigenvalue weighted by Crippen LogP contribution is -2.54. The topological polar surface area (TPSA) is 136 Å². The molecule has 2 unspecified atom stereocenters. The minimum Gasteiger partial charge on any atom is -0.468 e. The van der Waals surface area contributed by atoms with Crippen LogP contribution >= 0.6 is 0 Å². The van der Waals surface area contributed by atoms with E-state index < -0.39 is 47.4 Å². The van der Waals surface area contributed by atoms with Gasteiger partial charge in [0.2, 0.25) is 0 Å².